The van der Waals surface area contributed by atoms with Crippen LogP contribution < -0.4 is 10.6 Å². The smallest absolute Gasteiger partial charge is 0.237 e. The molecule has 4 atom stereocenters. The normalized spacial score (nSPS) is 34.6. The van der Waals surface area contributed by atoms with Crippen molar-refractivity contribution in [3.8, 4) is 0 Å². The zero-order chi connectivity index (χ0) is 13.2. The summed E-state index contributed by atoms with van der Waals surface area (Å²) in [4.78, 5) is 16.2. The maximum atomic E-state index is 12.2. The zero-order valence-corrected chi connectivity index (χ0v) is 10.8. The van der Waals surface area contributed by atoms with Crippen LogP contribution in [-0.4, -0.2) is 45.3 Å². The summed E-state index contributed by atoms with van der Waals surface area (Å²) in [5, 5.41) is 15.6. The number of carbonyl (C=O) groups excluding carboxylic acids is 1. The summed E-state index contributed by atoms with van der Waals surface area (Å²) < 4.78 is 2.08. The van der Waals surface area contributed by atoms with Crippen molar-refractivity contribution < 1.29 is 9.90 Å². The summed E-state index contributed by atoms with van der Waals surface area (Å²) in [6.07, 6.45) is 8.84. The van der Waals surface area contributed by atoms with E-state index in [1.54, 1.807) is 6.20 Å². The fourth-order valence-electron chi connectivity index (χ4n) is 3.13. The lowest BCUT2D eigenvalue weighted by Crippen LogP contribution is -2.46. The van der Waals surface area contributed by atoms with Gasteiger partial charge in [0.1, 0.15) is 0 Å². The fourth-order valence-corrected chi connectivity index (χ4v) is 3.13. The monoisotopic (exact) mass is 264 g/mol. The van der Waals surface area contributed by atoms with E-state index >= 15 is 0 Å². The minimum Gasteiger partial charge on any atom is -0.392 e. The van der Waals surface area contributed by atoms with E-state index in [0.717, 1.165) is 19.3 Å². The number of hydrogen-bond acceptors (Lipinski definition) is 4. The van der Waals surface area contributed by atoms with Gasteiger partial charge in [0.15, 0.2) is 0 Å². The van der Waals surface area contributed by atoms with Crippen molar-refractivity contribution in [2.75, 3.05) is 6.54 Å². The van der Waals surface area contributed by atoms with Gasteiger partial charge in [0.25, 0.3) is 0 Å². The first kappa shape index (κ1) is 12.6. The van der Waals surface area contributed by atoms with Crippen LogP contribution in [0.3, 0.4) is 0 Å². The van der Waals surface area contributed by atoms with Crippen molar-refractivity contribution in [2.45, 2.75) is 49.9 Å². The molecule has 0 aromatic carbocycles. The molecule has 2 heterocycles. The quantitative estimate of drug-likeness (QED) is 0.707. The molecule has 2 aliphatic rings. The number of aliphatic hydroxyl groups excluding tert-OH is 1. The predicted octanol–water partition coefficient (Wildman–Crippen LogP) is -0.184. The van der Waals surface area contributed by atoms with Crippen molar-refractivity contribution in [3.63, 3.8) is 0 Å². The van der Waals surface area contributed by atoms with Crippen LogP contribution in [0.5, 0.6) is 0 Å². The molecule has 1 aliphatic heterocycles. The predicted molar refractivity (Wildman–Crippen MR) is 69.5 cm³/mol. The van der Waals surface area contributed by atoms with E-state index in [9.17, 15) is 9.90 Å². The van der Waals surface area contributed by atoms with Gasteiger partial charge in [0, 0.05) is 25.0 Å². The summed E-state index contributed by atoms with van der Waals surface area (Å²) in [6, 6.07) is 0.220. The lowest BCUT2D eigenvalue weighted by molar-refractivity contribution is -0.123. The summed E-state index contributed by atoms with van der Waals surface area (Å²) >= 11 is 0. The molecule has 0 radical (unpaired) electrons. The van der Waals surface area contributed by atoms with E-state index in [2.05, 4.69) is 20.2 Å². The molecule has 1 aromatic heterocycles. The summed E-state index contributed by atoms with van der Waals surface area (Å²) in [5.41, 5.74) is 0. The lowest BCUT2D eigenvalue weighted by Gasteiger charge is -2.23. The third-order valence-corrected chi connectivity index (χ3v) is 4.14. The van der Waals surface area contributed by atoms with Gasteiger partial charge in [-0.25, -0.2) is 4.98 Å². The molecular formula is C13H20N4O2. The highest BCUT2D eigenvalue weighted by molar-refractivity contribution is 5.82. The van der Waals surface area contributed by atoms with Gasteiger partial charge in [0.2, 0.25) is 5.91 Å². The number of carbonyl (C=O) groups is 1. The second-order valence-electron chi connectivity index (χ2n) is 5.47. The third-order valence-electron chi connectivity index (χ3n) is 4.14. The van der Waals surface area contributed by atoms with Crippen LogP contribution in [0.15, 0.2) is 18.7 Å². The molecule has 3 rings (SSSR count). The van der Waals surface area contributed by atoms with Crippen LogP contribution >= 0.6 is 0 Å². The van der Waals surface area contributed by atoms with E-state index in [1.165, 1.54) is 0 Å². The standard InChI is InChI=1S/C13H20N4O2/c18-9-6-11(15-7-9)13(19)16-10-2-1-3-12(10)17-5-4-14-8-17/h4-5,8-12,15,18H,1-3,6-7H2,(H,16,19). The van der Waals surface area contributed by atoms with Crippen molar-refractivity contribution >= 4 is 5.91 Å². The summed E-state index contributed by atoms with van der Waals surface area (Å²) in [6.45, 7) is 0.508. The van der Waals surface area contributed by atoms with E-state index in [4.69, 9.17) is 0 Å². The first-order valence-corrected chi connectivity index (χ1v) is 6.93. The third kappa shape index (κ3) is 2.64. The average molecular weight is 264 g/mol. The van der Waals surface area contributed by atoms with Crippen LogP contribution in [0, 0.1) is 0 Å². The van der Waals surface area contributed by atoms with Gasteiger partial charge < -0.3 is 20.3 Å². The van der Waals surface area contributed by atoms with Gasteiger partial charge in [-0.2, -0.15) is 0 Å². The molecule has 19 heavy (non-hydrogen) atoms. The highest BCUT2D eigenvalue weighted by atomic mass is 16.3. The Kier molecular flexibility index (Phi) is 3.52. The molecule has 6 nitrogen and oxygen atoms in total. The Bertz CT molecular complexity index is 434. The number of amides is 1. The highest BCUT2D eigenvalue weighted by Crippen LogP contribution is 2.30. The molecule has 0 spiro atoms. The van der Waals surface area contributed by atoms with Gasteiger partial charge in [0.05, 0.1) is 24.5 Å². The van der Waals surface area contributed by atoms with E-state index < -0.39 is 6.10 Å². The van der Waals surface area contributed by atoms with Crippen molar-refractivity contribution in [3.05, 3.63) is 18.7 Å². The number of imidazole rings is 1. The van der Waals surface area contributed by atoms with Gasteiger partial charge >= 0.3 is 0 Å². The van der Waals surface area contributed by atoms with Crippen LogP contribution in [0.4, 0.5) is 0 Å². The molecule has 104 valence electrons. The van der Waals surface area contributed by atoms with Crippen LogP contribution in [0.1, 0.15) is 31.7 Å². The Balaban J connectivity index is 1.61. The van der Waals surface area contributed by atoms with Gasteiger partial charge in [-0.05, 0) is 25.7 Å². The van der Waals surface area contributed by atoms with Crippen molar-refractivity contribution in [2.24, 2.45) is 0 Å². The zero-order valence-electron chi connectivity index (χ0n) is 10.8. The first-order chi connectivity index (χ1) is 9.24. The summed E-state index contributed by atoms with van der Waals surface area (Å²) in [5.74, 6) is 0.00793. The molecule has 4 unspecified atom stereocenters. The Morgan fingerprint density at radius 2 is 2.37 bits per heavy atom. The molecule has 2 fully saturated rings. The molecule has 1 saturated carbocycles. The largest absolute Gasteiger partial charge is 0.392 e. The number of rotatable bonds is 3. The van der Waals surface area contributed by atoms with E-state index in [1.807, 2.05) is 12.5 Å². The topological polar surface area (TPSA) is 79.2 Å². The maximum Gasteiger partial charge on any atom is 0.237 e. The van der Waals surface area contributed by atoms with Gasteiger partial charge in [-0.1, -0.05) is 0 Å². The molecular weight excluding hydrogens is 244 g/mol. The number of aliphatic hydroxyl groups is 1. The lowest BCUT2D eigenvalue weighted by atomic mass is 10.1. The second-order valence-corrected chi connectivity index (χ2v) is 5.47. The number of aromatic nitrogens is 2. The fraction of sp³-hybridized carbons (Fsp3) is 0.692. The molecule has 1 saturated heterocycles. The summed E-state index contributed by atoms with van der Waals surface area (Å²) in [7, 11) is 0. The Morgan fingerprint density at radius 3 is 3.05 bits per heavy atom. The van der Waals surface area contributed by atoms with Crippen LogP contribution in [-0.2, 0) is 4.79 Å². The first-order valence-electron chi connectivity index (χ1n) is 6.93. The molecule has 1 aliphatic carbocycles. The van der Waals surface area contributed by atoms with E-state index in [-0.39, 0.29) is 18.0 Å². The van der Waals surface area contributed by atoms with Crippen molar-refractivity contribution in [1.82, 2.24) is 20.2 Å². The number of hydrogen-bond donors (Lipinski definition) is 3. The molecule has 1 aromatic rings. The van der Waals surface area contributed by atoms with Crippen LogP contribution in [0.2, 0.25) is 0 Å². The second kappa shape index (κ2) is 5.30. The molecule has 3 N–H and O–H groups in total. The van der Waals surface area contributed by atoms with E-state index in [0.29, 0.717) is 19.0 Å². The average Bonchev–Trinajstić information content (AvgIpc) is 3.07. The van der Waals surface area contributed by atoms with Gasteiger partial charge in [-0.15, -0.1) is 0 Å². The van der Waals surface area contributed by atoms with Gasteiger partial charge in [-0.3, -0.25) is 4.79 Å². The number of nitrogens with zero attached hydrogens (tertiary/aromatic N) is 2. The maximum absolute atomic E-state index is 12.2. The van der Waals surface area contributed by atoms with Crippen molar-refractivity contribution in [1.29, 1.82) is 0 Å². The minimum absolute atomic E-state index is 0.00793. The highest BCUT2D eigenvalue weighted by Gasteiger charge is 2.33. The Hall–Kier alpha value is -1.40. The molecule has 1 amide bonds. The molecule has 0 bridgehead atoms. The van der Waals surface area contributed by atoms with Crippen LogP contribution in [0.25, 0.3) is 0 Å². The number of nitrogens with one attached hydrogen (secondary N) is 2. The SMILES string of the molecule is O=C(NC1CCCC1n1ccnc1)C1CC(O)CN1. The molecule has 6 heteroatoms. The number of β-amino-alcohol motifs (C(OH)–C–C–N with tert-alkyl or cyclic N) is 1. The Labute approximate surface area is 112 Å². The minimum atomic E-state index is -0.399. The Morgan fingerprint density at radius 1 is 1.47 bits per heavy atom.